The standard InChI is InChI=1S/C11H22ClNO/c1-10(2)8-13(5-6-14-4)9-11(3)7-12/h10H,3,5-9H2,1-2,4H3. The van der Waals surface area contributed by atoms with Gasteiger partial charge in [0.25, 0.3) is 0 Å². The van der Waals surface area contributed by atoms with Gasteiger partial charge in [0.05, 0.1) is 6.61 Å². The molecule has 0 bridgehead atoms. The Balaban J connectivity index is 3.89. The zero-order chi connectivity index (χ0) is 11.0. The lowest BCUT2D eigenvalue weighted by Gasteiger charge is -2.24. The largest absolute Gasteiger partial charge is 0.383 e. The normalized spacial score (nSPS) is 11.3. The Morgan fingerprint density at radius 1 is 1.50 bits per heavy atom. The molecule has 0 radical (unpaired) electrons. The molecule has 0 fully saturated rings. The van der Waals surface area contributed by atoms with Gasteiger partial charge < -0.3 is 4.74 Å². The van der Waals surface area contributed by atoms with E-state index in [1.807, 2.05) is 0 Å². The summed E-state index contributed by atoms with van der Waals surface area (Å²) in [5.74, 6) is 1.21. The second-order valence-electron chi connectivity index (χ2n) is 4.01. The van der Waals surface area contributed by atoms with Gasteiger partial charge in [-0.25, -0.2) is 0 Å². The Hall–Kier alpha value is -0.0500. The molecule has 0 atom stereocenters. The van der Waals surface area contributed by atoms with Crippen molar-refractivity contribution in [2.75, 3.05) is 39.2 Å². The molecule has 0 spiro atoms. The zero-order valence-corrected chi connectivity index (χ0v) is 10.3. The molecular weight excluding hydrogens is 198 g/mol. The van der Waals surface area contributed by atoms with Crippen molar-refractivity contribution in [3.05, 3.63) is 12.2 Å². The van der Waals surface area contributed by atoms with Gasteiger partial charge in [0.15, 0.2) is 0 Å². The number of hydrogen-bond acceptors (Lipinski definition) is 2. The van der Waals surface area contributed by atoms with E-state index in [4.69, 9.17) is 16.3 Å². The van der Waals surface area contributed by atoms with E-state index in [1.54, 1.807) is 7.11 Å². The Morgan fingerprint density at radius 3 is 2.57 bits per heavy atom. The van der Waals surface area contributed by atoms with Crippen LogP contribution in [-0.4, -0.2) is 44.1 Å². The van der Waals surface area contributed by atoms with Crippen molar-refractivity contribution in [3.63, 3.8) is 0 Å². The number of ether oxygens (including phenoxy) is 1. The van der Waals surface area contributed by atoms with Crippen molar-refractivity contribution in [2.45, 2.75) is 13.8 Å². The fourth-order valence-corrected chi connectivity index (χ4v) is 1.41. The van der Waals surface area contributed by atoms with Crippen molar-refractivity contribution < 1.29 is 4.74 Å². The van der Waals surface area contributed by atoms with Crippen molar-refractivity contribution in [1.82, 2.24) is 4.90 Å². The molecule has 0 aromatic rings. The van der Waals surface area contributed by atoms with Crippen molar-refractivity contribution in [3.8, 4) is 0 Å². The first-order valence-electron chi connectivity index (χ1n) is 5.04. The third-order valence-corrected chi connectivity index (χ3v) is 2.25. The number of halogens is 1. The van der Waals surface area contributed by atoms with Crippen molar-refractivity contribution in [1.29, 1.82) is 0 Å². The summed E-state index contributed by atoms with van der Waals surface area (Å²) in [7, 11) is 1.73. The minimum absolute atomic E-state index is 0.543. The van der Waals surface area contributed by atoms with Crippen LogP contribution in [0.25, 0.3) is 0 Å². The third kappa shape index (κ3) is 7.36. The van der Waals surface area contributed by atoms with E-state index in [1.165, 1.54) is 0 Å². The molecule has 0 saturated carbocycles. The van der Waals surface area contributed by atoms with Gasteiger partial charge in [0.2, 0.25) is 0 Å². The molecule has 0 aliphatic heterocycles. The number of hydrogen-bond donors (Lipinski definition) is 0. The van der Waals surface area contributed by atoms with Gasteiger partial charge >= 0.3 is 0 Å². The van der Waals surface area contributed by atoms with Gasteiger partial charge in [-0.3, -0.25) is 4.90 Å². The topological polar surface area (TPSA) is 12.5 Å². The fourth-order valence-electron chi connectivity index (χ4n) is 1.33. The van der Waals surface area contributed by atoms with Gasteiger partial charge in [-0.05, 0) is 11.5 Å². The maximum Gasteiger partial charge on any atom is 0.0589 e. The molecule has 3 heteroatoms. The molecule has 14 heavy (non-hydrogen) atoms. The van der Waals surface area contributed by atoms with E-state index >= 15 is 0 Å². The first-order chi connectivity index (χ1) is 6.60. The summed E-state index contributed by atoms with van der Waals surface area (Å²) in [5, 5.41) is 0. The second kappa shape index (κ2) is 8.27. The highest BCUT2D eigenvalue weighted by atomic mass is 35.5. The lowest BCUT2D eigenvalue weighted by Crippen LogP contribution is -2.32. The predicted octanol–water partition coefficient (Wildman–Crippen LogP) is 2.39. The van der Waals surface area contributed by atoms with Crippen LogP contribution in [0.4, 0.5) is 0 Å². The second-order valence-corrected chi connectivity index (χ2v) is 4.27. The molecule has 0 aliphatic carbocycles. The number of nitrogens with zero attached hydrogens (tertiary/aromatic N) is 1. The van der Waals surface area contributed by atoms with Crippen molar-refractivity contribution >= 4 is 11.6 Å². The van der Waals surface area contributed by atoms with E-state index in [-0.39, 0.29) is 0 Å². The Bertz CT molecular complexity index is 159. The monoisotopic (exact) mass is 219 g/mol. The molecule has 84 valence electrons. The highest BCUT2D eigenvalue weighted by molar-refractivity contribution is 6.19. The molecule has 2 nitrogen and oxygen atoms in total. The zero-order valence-electron chi connectivity index (χ0n) is 9.55. The van der Waals surface area contributed by atoms with Gasteiger partial charge in [-0.2, -0.15) is 0 Å². The van der Waals surface area contributed by atoms with Crippen molar-refractivity contribution in [2.24, 2.45) is 5.92 Å². The van der Waals surface area contributed by atoms with E-state index in [9.17, 15) is 0 Å². The van der Waals surface area contributed by atoms with Gasteiger partial charge in [-0.1, -0.05) is 20.4 Å². The molecular formula is C11H22ClNO. The molecule has 0 aromatic heterocycles. The van der Waals surface area contributed by atoms with Crippen LogP contribution in [-0.2, 0) is 4.74 Å². The van der Waals surface area contributed by atoms with Gasteiger partial charge in [0.1, 0.15) is 0 Å². The van der Waals surface area contributed by atoms with E-state index in [2.05, 4.69) is 25.3 Å². The molecule has 0 unspecified atom stereocenters. The minimum Gasteiger partial charge on any atom is -0.383 e. The number of alkyl halides is 1. The van der Waals surface area contributed by atoms with Crippen LogP contribution in [0.5, 0.6) is 0 Å². The predicted molar refractivity (Wildman–Crippen MR) is 63.0 cm³/mol. The summed E-state index contributed by atoms with van der Waals surface area (Å²) in [5.41, 5.74) is 1.07. The van der Waals surface area contributed by atoms with Crippen LogP contribution in [0.2, 0.25) is 0 Å². The molecule has 0 aromatic carbocycles. The summed E-state index contributed by atoms with van der Waals surface area (Å²) in [6, 6.07) is 0. The smallest absolute Gasteiger partial charge is 0.0589 e. The van der Waals surface area contributed by atoms with Crippen LogP contribution >= 0.6 is 11.6 Å². The molecule has 0 rings (SSSR count). The number of rotatable bonds is 8. The van der Waals surface area contributed by atoms with E-state index < -0.39 is 0 Å². The molecule has 0 saturated heterocycles. The first-order valence-corrected chi connectivity index (χ1v) is 5.57. The summed E-state index contributed by atoms with van der Waals surface area (Å²) in [4.78, 5) is 2.33. The van der Waals surface area contributed by atoms with E-state index in [0.717, 1.165) is 31.8 Å². The fraction of sp³-hybridized carbons (Fsp3) is 0.818. The highest BCUT2D eigenvalue weighted by Crippen LogP contribution is 2.03. The first kappa shape index (κ1) is 13.9. The van der Waals surface area contributed by atoms with Crippen LogP contribution < -0.4 is 0 Å². The maximum absolute atomic E-state index is 5.71. The quantitative estimate of drug-likeness (QED) is 0.459. The molecule has 0 aliphatic rings. The highest BCUT2D eigenvalue weighted by Gasteiger charge is 2.07. The molecule has 0 N–H and O–H groups in total. The van der Waals surface area contributed by atoms with Gasteiger partial charge in [-0.15, -0.1) is 11.6 Å². The minimum atomic E-state index is 0.543. The lowest BCUT2D eigenvalue weighted by atomic mass is 10.2. The Labute approximate surface area is 92.9 Å². The maximum atomic E-state index is 5.71. The summed E-state index contributed by atoms with van der Waals surface area (Å²) < 4.78 is 5.06. The van der Waals surface area contributed by atoms with E-state index in [0.29, 0.717) is 11.8 Å². The van der Waals surface area contributed by atoms with Crippen LogP contribution in [0.1, 0.15) is 13.8 Å². The van der Waals surface area contributed by atoms with Gasteiger partial charge in [0, 0.05) is 32.6 Å². The van der Waals surface area contributed by atoms with Crippen LogP contribution in [0.15, 0.2) is 12.2 Å². The van der Waals surface area contributed by atoms with Crippen LogP contribution in [0, 0.1) is 5.92 Å². The average Bonchev–Trinajstić information content (AvgIpc) is 2.13. The SMILES string of the molecule is C=C(CCl)CN(CCOC)CC(C)C. The molecule has 0 amide bonds. The summed E-state index contributed by atoms with van der Waals surface area (Å²) in [6.45, 7) is 12.0. The Morgan fingerprint density at radius 2 is 2.14 bits per heavy atom. The summed E-state index contributed by atoms with van der Waals surface area (Å²) >= 11 is 5.71. The number of methoxy groups -OCH3 is 1. The molecule has 0 heterocycles. The third-order valence-electron chi connectivity index (χ3n) is 1.87. The van der Waals surface area contributed by atoms with Crippen LogP contribution in [0.3, 0.4) is 0 Å². The average molecular weight is 220 g/mol. The lowest BCUT2D eigenvalue weighted by molar-refractivity contribution is 0.146. The summed E-state index contributed by atoms with van der Waals surface area (Å²) in [6.07, 6.45) is 0. The Kier molecular flexibility index (Phi) is 8.24.